The normalized spacial score (nSPS) is 21.6. The average molecular weight is 252 g/mol. The van der Waals surface area contributed by atoms with Crippen LogP contribution in [0.3, 0.4) is 0 Å². The summed E-state index contributed by atoms with van der Waals surface area (Å²) in [6.07, 6.45) is 3.55. The second kappa shape index (κ2) is 5.14. The molecule has 1 aliphatic rings. The molecule has 0 radical (unpaired) electrons. The maximum atomic E-state index is 5.82. The monoisotopic (exact) mass is 252 g/mol. The molecule has 4 nitrogen and oxygen atoms in total. The Morgan fingerprint density at radius 2 is 2.35 bits per heavy atom. The Balaban J connectivity index is 2.10. The van der Waals surface area contributed by atoms with Gasteiger partial charge in [-0.1, -0.05) is 18.6 Å². The van der Waals surface area contributed by atoms with E-state index in [1.807, 2.05) is 18.7 Å². The third kappa shape index (κ3) is 2.84. The number of hydrogen-bond acceptors (Lipinski definition) is 3. The summed E-state index contributed by atoms with van der Waals surface area (Å²) in [6.45, 7) is 3.98. The van der Waals surface area contributed by atoms with Gasteiger partial charge in [-0.3, -0.25) is 9.58 Å². The molecule has 17 heavy (non-hydrogen) atoms. The van der Waals surface area contributed by atoms with Crippen molar-refractivity contribution < 1.29 is 0 Å². The summed E-state index contributed by atoms with van der Waals surface area (Å²) in [6, 6.07) is 2.39. The lowest BCUT2D eigenvalue weighted by molar-refractivity contribution is 0.180. The fourth-order valence-corrected chi connectivity index (χ4v) is 2.79. The second-order valence-electron chi connectivity index (χ2n) is 4.79. The van der Waals surface area contributed by atoms with Gasteiger partial charge >= 0.3 is 0 Å². The maximum absolute atomic E-state index is 5.82. The predicted octanol–water partition coefficient (Wildman–Crippen LogP) is 1.37. The molecule has 1 aromatic heterocycles. The fourth-order valence-electron chi connectivity index (χ4n) is 2.52. The van der Waals surface area contributed by atoms with Crippen molar-refractivity contribution in [3.8, 4) is 0 Å². The lowest BCUT2D eigenvalue weighted by Crippen LogP contribution is -2.46. The van der Waals surface area contributed by atoms with Gasteiger partial charge in [0.05, 0.1) is 22.4 Å². The Morgan fingerprint density at radius 3 is 2.94 bits per heavy atom. The summed E-state index contributed by atoms with van der Waals surface area (Å²) in [4.78, 5) is 3.01. The highest BCUT2D eigenvalue weighted by molar-refractivity contribution is 7.80. The third-order valence-electron chi connectivity index (χ3n) is 3.41. The van der Waals surface area contributed by atoms with E-state index >= 15 is 0 Å². The molecule has 1 aromatic rings. The van der Waals surface area contributed by atoms with Crippen LogP contribution in [0.25, 0.3) is 0 Å². The SMILES string of the molecule is Cc1cc(CN2CCCCC2C(N)=S)n(C)n1. The molecule has 94 valence electrons. The number of nitrogens with two attached hydrogens (primary N) is 1. The zero-order valence-corrected chi connectivity index (χ0v) is 11.3. The standard InChI is InChI=1S/C12H20N4S/c1-9-7-10(15(2)14-9)8-16-6-4-3-5-11(16)12(13)17/h7,11H,3-6,8H2,1-2H3,(H2,13,17). The highest BCUT2D eigenvalue weighted by Gasteiger charge is 2.25. The second-order valence-corrected chi connectivity index (χ2v) is 5.26. The molecule has 0 aliphatic carbocycles. The summed E-state index contributed by atoms with van der Waals surface area (Å²) in [5, 5.41) is 4.37. The average Bonchev–Trinajstić information content (AvgIpc) is 2.58. The van der Waals surface area contributed by atoms with Gasteiger partial charge in [0.1, 0.15) is 0 Å². The van der Waals surface area contributed by atoms with Crippen molar-refractivity contribution in [3.63, 3.8) is 0 Å². The molecule has 2 heterocycles. The largest absolute Gasteiger partial charge is 0.392 e. The summed E-state index contributed by atoms with van der Waals surface area (Å²) >= 11 is 5.16. The quantitative estimate of drug-likeness (QED) is 0.825. The van der Waals surface area contributed by atoms with Crippen LogP contribution in [0.4, 0.5) is 0 Å². The van der Waals surface area contributed by atoms with E-state index in [0.717, 1.165) is 25.2 Å². The zero-order chi connectivity index (χ0) is 12.4. The highest BCUT2D eigenvalue weighted by atomic mass is 32.1. The van der Waals surface area contributed by atoms with Gasteiger partial charge in [-0.2, -0.15) is 5.10 Å². The Bertz CT molecular complexity index is 413. The lowest BCUT2D eigenvalue weighted by atomic mass is 10.0. The lowest BCUT2D eigenvalue weighted by Gasteiger charge is -2.34. The van der Waals surface area contributed by atoms with Crippen molar-refractivity contribution in [1.82, 2.24) is 14.7 Å². The third-order valence-corrected chi connectivity index (χ3v) is 3.68. The van der Waals surface area contributed by atoms with Crippen molar-refractivity contribution in [3.05, 3.63) is 17.5 Å². The fraction of sp³-hybridized carbons (Fsp3) is 0.667. The van der Waals surface area contributed by atoms with Crippen LogP contribution in [0.2, 0.25) is 0 Å². The predicted molar refractivity (Wildman–Crippen MR) is 72.8 cm³/mol. The Labute approximate surface area is 108 Å². The van der Waals surface area contributed by atoms with Gasteiger partial charge in [0, 0.05) is 13.6 Å². The van der Waals surface area contributed by atoms with E-state index in [2.05, 4.69) is 16.1 Å². The van der Waals surface area contributed by atoms with E-state index in [1.54, 1.807) is 0 Å². The van der Waals surface area contributed by atoms with Crippen LogP contribution < -0.4 is 5.73 Å². The van der Waals surface area contributed by atoms with Crippen molar-refractivity contribution in [1.29, 1.82) is 0 Å². The Morgan fingerprint density at radius 1 is 1.59 bits per heavy atom. The molecular weight excluding hydrogens is 232 g/mol. The van der Waals surface area contributed by atoms with Crippen molar-refractivity contribution >= 4 is 17.2 Å². The van der Waals surface area contributed by atoms with Gasteiger partial charge in [0.25, 0.3) is 0 Å². The van der Waals surface area contributed by atoms with Gasteiger partial charge in [-0.25, -0.2) is 0 Å². The van der Waals surface area contributed by atoms with Gasteiger partial charge in [-0.05, 0) is 32.4 Å². The van der Waals surface area contributed by atoms with Crippen LogP contribution in [0.1, 0.15) is 30.7 Å². The minimum Gasteiger partial charge on any atom is -0.392 e. The molecule has 1 unspecified atom stereocenters. The first-order valence-electron chi connectivity index (χ1n) is 6.11. The number of likely N-dealkylation sites (tertiary alicyclic amines) is 1. The number of nitrogens with zero attached hydrogens (tertiary/aromatic N) is 3. The number of thiocarbonyl (C=S) groups is 1. The molecule has 2 N–H and O–H groups in total. The number of piperidine rings is 1. The first kappa shape index (κ1) is 12.5. The van der Waals surface area contributed by atoms with Crippen molar-refractivity contribution in [2.45, 2.75) is 38.8 Å². The maximum Gasteiger partial charge on any atom is 0.0902 e. The molecule has 1 saturated heterocycles. The van der Waals surface area contributed by atoms with Gasteiger partial charge in [0.2, 0.25) is 0 Å². The molecule has 1 fully saturated rings. The Kier molecular flexibility index (Phi) is 3.79. The van der Waals surface area contributed by atoms with Crippen LogP contribution in [-0.2, 0) is 13.6 Å². The molecule has 0 bridgehead atoms. The van der Waals surface area contributed by atoms with Gasteiger partial charge in [-0.15, -0.1) is 0 Å². The summed E-state index contributed by atoms with van der Waals surface area (Å²) in [5.74, 6) is 0. The highest BCUT2D eigenvalue weighted by Crippen LogP contribution is 2.20. The summed E-state index contributed by atoms with van der Waals surface area (Å²) in [5.41, 5.74) is 8.11. The molecule has 5 heteroatoms. The van der Waals surface area contributed by atoms with Crippen LogP contribution in [0, 0.1) is 6.92 Å². The first-order valence-corrected chi connectivity index (χ1v) is 6.51. The van der Waals surface area contributed by atoms with E-state index in [-0.39, 0.29) is 6.04 Å². The smallest absolute Gasteiger partial charge is 0.0902 e. The van der Waals surface area contributed by atoms with Gasteiger partial charge in [0.15, 0.2) is 0 Å². The van der Waals surface area contributed by atoms with E-state index in [4.69, 9.17) is 18.0 Å². The van der Waals surface area contributed by atoms with E-state index < -0.39 is 0 Å². The molecule has 2 rings (SSSR count). The molecule has 1 aliphatic heterocycles. The molecule has 0 aromatic carbocycles. The van der Waals surface area contributed by atoms with Crippen molar-refractivity contribution in [2.75, 3.05) is 6.54 Å². The van der Waals surface area contributed by atoms with Crippen LogP contribution in [0.5, 0.6) is 0 Å². The number of aryl methyl sites for hydroxylation is 2. The molecular formula is C12H20N4S. The minimum absolute atomic E-state index is 0.258. The van der Waals surface area contributed by atoms with Crippen LogP contribution >= 0.6 is 12.2 Å². The topological polar surface area (TPSA) is 47.1 Å². The minimum atomic E-state index is 0.258. The van der Waals surface area contributed by atoms with Crippen LogP contribution in [0.15, 0.2) is 6.07 Å². The van der Waals surface area contributed by atoms with E-state index in [1.165, 1.54) is 18.5 Å². The molecule has 1 atom stereocenters. The number of hydrogen-bond donors (Lipinski definition) is 1. The molecule has 0 amide bonds. The molecule has 0 spiro atoms. The summed E-state index contributed by atoms with van der Waals surface area (Å²) in [7, 11) is 1.99. The van der Waals surface area contributed by atoms with E-state index in [0.29, 0.717) is 4.99 Å². The van der Waals surface area contributed by atoms with Crippen LogP contribution in [-0.4, -0.2) is 32.3 Å². The molecule has 0 saturated carbocycles. The first-order chi connectivity index (χ1) is 8.08. The zero-order valence-electron chi connectivity index (χ0n) is 10.5. The van der Waals surface area contributed by atoms with E-state index in [9.17, 15) is 0 Å². The summed E-state index contributed by atoms with van der Waals surface area (Å²) < 4.78 is 1.95. The number of aromatic nitrogens is 2. The Hall–Kier alpha value is -0.940. The number of rotatable bonds is 3. The van der Waals surface area contributed by atoms with Gasteiger partial charge < -0.3 is 5.73 Å². The van der Waals surface area contributed by atoms with Crippen molar-refractivity contribution in [2.24, 2.45) is 12.8 Å².